The standard InChI is InChI=1S/C12H12F4O2/c1-3-7-4-10(18-12(15)16)8(6(2)17)5-9(7)11(13)14/h4-5,11-12H,3H2,1-2H3. The summed E-state index contributed by atoms with van der Waals surface area (Å²) in [6, 6.07) is 1.99. The minimum Gasteiger partial charge on any atom is -0.434 e. The first-order valence-electron chi connectivity index (χ1n) is 5.27. The summed E-state index contributed by atoms with van der Waals surface area (Å²) in [6.07, 6.45) is -2.53. The fourth-order valence-corrected chi connectivity index (χ4v) is 1.62. The molecule has 0 saturated carbocycles. The van der Waals surface area contributed by atoms with Crippen LogP contribution >= 0.6 is 0 Å². The van der Waals surface area contributed by atoms with E-state index in [0.717, 1.165) is 19.1 Å². The van der Waals surface area contributed by atoms with Crippen LogP contribution in [0.25, 0.3) is 0 Å². The number of Topliss-reactive ketones (excluding diaryl/α,β-unsaturated/α-hetero) is 1. The molecule has 0 aliphatic rings. The van der Waals surface area contributed by atoms with Gasteiger partial charge in [0.05, 0.1) is 5.56 Å². The predicted molar refractivity (Wildman–Crippen MR) is 57.4 cm³/mol. The van der Waals surface area contributed by atoms with E-state index in [1.54, 1.807) is 6.92 Å². The summed E-state index contributed by atoms with van der Waals surface area (Å²) < 4.78 is 54.0. The Bertz CT molecular complexity index is 444. The molecule has 0 N–H and O–H groups in total. The van der Waals surface area contributed by atoms with Crippen molar-refractivity contribution in [1.82, 2.24) is 0 Å². The number of ketones is 1. The van der Waals surface area contributed by atoms with Crippen LogP contribution in [0.5, 0.6) is 5.75 Å². The molecule has 0 unspecified atom stereocenters. The maximum Gasteiger partial charge on any atom is 0.387 e. The summed E-state index contributed by atoms with van der Waals surface area (Å²) in [5.74, 6) is -0.964. The van der Waals surface area contributed by atoms with Crippen molar-refractivity contribution in [3.05, 3.63) is 28.8 Å². The highest BCUT2D eigenvalue weighted by molar-refractivity contribution is 5.97. The van der Waals surface area contributed by atoms with Crippen LogP contribution in [0.1, 0.15) is 41.8 Å². The largest absolute Gasteiger partial charge is 0.434 e. The molecule has 0 aliphatic heterocycles. The first-order chi connectivity index (χ1) is 8.36. The van der Waals surface area contributed by atoms with Gasteiger partial charge in [-0.1, -0.05) is 6.92 Å². The molecule has 0 spiro atoms. The molecule has 1 aromatic rings. The van der Waals surface area contributed by atoms with Crippen LogP contribution in [-0.2, 0) is 6.42 Å². The molecule has 0 amide bonds. The Balaban J connectivity index is 3.37. The van der Waals surface area contributed by atoms with Crippen LogP contribution in [0.15, 0.2) is 12.1 Å². The van der Waals surface area contributed by atoms with Gasteiger partial charge in [-0.05, 0) is 31.0 Å². The third-order valence-electron chi connectivity index (χ3n) is 2.45. The van der Waals surface area contributed by atoms with Gasteiger partial charge in [0.15, 0.2) is 5.78 Å². The topological polar surface area (TPSA) is 26.3 Å². The van der Waals surface area contributed by atoms with Crippen LogP contribution in [0.2, 0.25) is 0 Å². The molecule has 18 heavy (non-hydrogen) atoms. The lowest BCUT2D eigenvalue weighted by Gasteiger charge is -2.14. The fourth-order valence-electron chi connectivity index (χ4n) is 1.62. The van der Waals surface area contributed by atoms with Crippen molar-refractivity contribution < 1.29 is 27.1 Å². The van der Waals surface area contributed by atoms with Gasteiger partial charge in [0.1, 0.15) is 5.75 Å². The van der Waals surface area contributed by atoms with E-state index in [9.17, 15) is 22.4 Å². The molecule has 0 radical (unpaired) electrons. The number of hydrogen-bond donors (Lipinski definition) is 0. The zero-order valence-corrected chi connectivity index (χ0v) is 9.84. The van der Waals surface area contributed by atoms with Crippen molar-refractivity contribution in [2.24, 2.45) is 0 Å². The second-order valence-electron chi connectivity index (χ2n) is 3.64. The number of ether oxygens (including phenoxy) is 1. The Hall–Kier alpha value is -1.59. The van der Waals surface area contributed by atoms with Gasteiger partial charge in [-0.3, -0.25) is 4.79 Å². The lowest BCUT2D eigenvalue weighted by Crippen LogP contribution is -2.09. The third-order valence-corrected chi connectivity index (χ3v) is 2.45. The first-order valence-corrected chi connectivity index (χ1v) is 5.27. The second kappa shape index (κ2) is 5.84. The van der Waals surface area contributed by atoms with E-state index in [-0.39, 0.29) is 28.9 Å². The molecule has 0 aromatic heterocycles. The minimum absolute atomic E-state index is 0.186. The summed E-state index contributed by atoms with van der Waals surface area (Å²) in [6.45, 7) is -0.389. The smallest absolute Gasteiger partial charge is 0.387 e. The number of rotatable bonds is 5. The normalized spacial score (nSPS) is 11.1. The number of carbonyl (C=O) groups excluding carboxylic acids is 1. The first kappa shape index (κ1) is 14.5. The third kappa shape index (κ3) is 3.21. The average molecular weight is 264 g/mol. The highest BCUT2D eigenvalue weighted by Gasteiger charge is 2.20. The van der Waals surface area contributed by atoms with E-state index in [2.05, 4.69) is 4.74 Å². The minimum atomic E-state index is -3.11. The molecule has 0 heterocycles. The zero-order valence-electron chi connectivity index (χ0n) is 9.84. The summed E-state index contributed by atoms with van der Waals surface area (Å²) in [7, 11) is 0. The Labute approximate surface area is 102 Å². The van der Waals surface area contributed by atoms with Gasteiger partial charge < -0.3 is 4.74 Å². The highest BCUT2D eigenvalue weighted by atomic mass is 19.3. The highest BCUT2D eigenvalue weighted by Crippen LogP contribution is 2.31. The monoisotopic (exact) mass is 264 g/mol. The Morgan fingerprint density at radius 2 is 1.89 bits per heavy atom. The quantitative estimate of drug-likeness (QED) is 0.593. The predicted octanol–water partition coefficient (Wildman–Crippen LogP) is 3.99. The van der Waals surface area contributed by atoms with E-state index in [4.69, 9.17) is 0 Å². The van der Waals surface area contributed by atoms with Crippen LogP contribution in [0.4, 0.5) is 17.6 Å². The maximum absolute atomic E-state index is 12.8. The van der Waals surface area contributed by atoms with E-state index >= 15 is 0 Å². The molecule has 0 aliphatic carbocycles. The van der Waals surface area contributed by atoms with E-state index in [0.29, 0.717) is 0 Å². The zero-order chi connectivity index (χ0) is 13.9. The molecule has 0 bridgehead atoms. The lowest BCUT2D eigenvalue weighted by atomic mass is 9.99. The Kier molecular flexibility index (Phi) is 4.69. The van der Waals surface area contributed by atoms with Crippen LogP contribution in [-0.4, -0.2) is 12.4 Å². The second-order valence-corrected chi connectivity index (χ2v) is 3.64. The number of carbonyl (C=O) groups is 1. The SMILES string of the molecule is CCc1cc(OC(F)F)c(C(C)=O)cc1C(F)F. The Morgan fingerprint density at radius 1 is 1.28 bits per heavy atom. The lowest BCUT2D eigenvalue weighted by molar-refractivity contribution is -0.0502. The van der Waals surface area contributed by atoms with Crippen LogP contribution in [0, 0.1) is 0 Å². The van der Waals surface area contributed by atoms with Gasteiger partial charge in [-0.2, -0.15) is 8.78 Å². The number of alkyl halides is 4. The van der Waals surface area contributed by atoms with Crippen LogP contribution in [0.3, 0.4) is 0 Å². The summed E-state index contributed by atoms with van der Waals surface area (Å²) >= 11 is 0. The number of halogens is 4. The number of benzene rings is 1. The van der Waals surface area contributed by atoms with Crippen molar-refractivity contribution >= 4 is 5.78 Å². The van der Waals surface area contributed by atoms with Crippen molar-refractivity contribution in [3.8, 4) is 5.75 Å². The molecule has 1 rings (SSSR count). The van der Waals surface area contributed by atoms with Crippen LogP contribution < -0.4 is 4.74 Å². The van der Waals surface area contributed by atoms with Crippen molar-refractivity contribution in [2.75, 3.05) is 0 Å². The van der Waals surface area contributed by atoms with Gasteiger partial charge in [-0.15, -0.1) is 0 Å². The molecular weight excluding hydrogens is 252 g/mol. The maximum atomic E-state index is 12.8. The van der Waals surface area contributed by atoms with Gasteiger partial charge in [0, 0.05) is 5.56 Å². The average Bonchev–Trinajstić information content (AvgIpc) is 2.26. The van der Waals surface area contributed by atoms with E-state index < -0.39 is 18.8 Å². The summed E-state index contributed by atoms with van der Waals surface area (Å²) in [4.78, 5) is 11.3. The van der Waals surface area contributed by atoms with Crippen molar-refractivity contribution in [1.29, 1.82) is 0 Å². The number of aryl methyl sites for hydroxylation is 1. The molecule has 0 atom stereocenters. The van der Waals surface area contributed by atoms with E-state index in [1.165, 1.54) is 0 Å². The molecule has 6 heteroatoms. The summed E-state index contributed by atoms with van der Waals surface area (Å²) in [5, 5.41) is 0. The molecule has 0 fully saturated rings. The van der Waals surface area contributed by atoms with Crippen molar-refractivity contribution in [2.45, 2.75) is 33.3 Å². The molecule has 2 nitrogen and oxygen atoms in total. The van der Waals surface area contributed by atoms with E-state index in [1.807, 2.05) is 0 Å². The number of hydrogen-bond acceptors (Lipinski definition) is 2. The molecule has 0 saturated heterocycles. The van der Waals surface area contributed by atoms with Gasteiger partial charge in [0.25, 0.3) is 6.43 Å². The molecule has 1 aromatic carbocycles. The Morgan fingerprint density at radius 3 is 2.28 bits per heavy atom. The fraction of sp³-hybridized carbons (Fsp3) is 0.417. The van der Waals surface area contributed by atoms with Gasteiger partial charge >= 0.3 is 6.61 Å². The van der Waals surface area contributed by atoms with Crippen molar-refractivity contribution in [3.63, 3.8) is 0 Å². The molecule has 100 valence electrons. The molecular formula is C12H12F4O2. The summed E-state index contributed by atoms with van der Waals surface area (Å²) in [5.41, 5.74) is -0.405. The van der Waals surface area contributed by atoms with Gasteiger partial charge in [-0.25, -0.2) is 8.78 Å². The van der Waals surface area contributed by atoms with Gasteiger partial charge in [0.2, 0.25) is 0 Å².